The summed E-state index contributed by atoms with van der Waals surface area (Å²) in [6.45, 7) is 5.32. The first-order valence-corrected chi connectivity index (χ1v) is 5.74. The molecular weight excluding hydrogens is 218 g/mol. The van der Waals surface area contributed by atoms with Crippen LogP contribution < -0.4 is 5.32 Å². The second-order valence-electron chi connectivity index (χ2n) is 4.53. The minimum atomic E-state index is -0.297. The van der Waals surface area contributed by atoms with Gasteiger partial charge in [0, 0.05) is 44.2 Å². The van der Waals surface area contributed by atoms with Crippen LogP contribution in [0.5, 0.6) is 0 Å². The van der Waals surface area contributed by atoms with E-state index in [1.165, 1.54) is 6.08 Å². The Bertz CT molecular complexity index is 404. The lowest BCUT2D eigenvalue weighted by Gasteiger charge is -2.32. The third kappa shape index (κ3) is 2.74. The highest BCUT2D eigenvalue weighted by Crippen LogP contribution is 2.10. The number of allylic oxidation sites excluding steroid dienone is 2. The summed E-state index contributed by atoms with van der Waals surface area (Å²) in [5.74, 6) is -0.501. The van der Waals surface area contributed by atoms with Gasteiger partial charge in [-0.2, -0.15) is 0 Å². The van der Waals surface area contributed by atoms with Gasteiger partial charge in [0.2, 0.25) is 0 Å². The number of ketones is 1. The number of nitrogens with one attached hydrogen (secondary N) is 1. The molecule has 0 atom stereocenters. The van der Waals surface area contributed by atoms with Crippen LogP contribution in [-0.4, -0.2) is 54.7 Å². The molecule has 0 radical (unpaired) electrons. The first kappa shape index (κ1) is 11.9. The van der Waals surface area contributed by atoms with Gasteiger partial charge in [-0.1, -0.05) is 0 Å². The predicted octanol–water partition coefficient (Wildman–Crippen LogP) is -0.280. The highest BCUT2D eigenvalue weighted by atomic mass is 16.2. The average Bonchev–Trinajstić information content (AvgIpc) is 2.26. The van der Waals surface area contributed by atoms with Gasteiger partial charge in [0.05, 0.1) is 0 Å². The van der Waals surface area contributed by atoms with E-state index in [0.29, 0.717) is 5.70 Å². The number of hydrogen-bond acceptors (Lipinski definition) is 4. The van der Waals surface area contributed by atoms with Gasteiger partial charge in [0.1, 0.15) is 5.57 Å². The third-order valence-electron chi connectivity index (χ3n) is 3.02. The first-order chi connectivity index (χ1) is 8.06. The van der Waals surface area contributed by atoms with Crippen molar-refractivity contribution >= 4 is 11.7 Å². The van der Waals surface area contributed by atoms with Crippen LogP contribution >= 0.6 is 0 Å². The van der Waals surface area contributed by atoms with E-state index < -0.39 is 0 Å². The molecular formula is C12H17N3O2. The molecule has 0 aromatic rings. The smallest absolute Gasteiger partial charge is 0.260 e. The van der Waals surface area contributed by atoms with Crippen molar-refractivity contribution in [2.75, 3.05) is 33.2 Å². The molecule has 1 fully saturated rings. The Hall–Kier alpha value is -1.62. The van der Waals surface area contributed by atoms with E-state index in [4.69, 9.17) is 0 Å². The molecule has 0 bridgehead atoms. The Kier molecular flexibility index (Phi) is 3.28. The van der Waals surface area contributed by atoms with E-state index in [1.807, 2.05) is 4.90 Å². The molecule has 5 heteroatoms. The standard InChI is InChI=1S/C12H17N3O2/c1-9-7-11(16)10(12(17)13-9)8-15-5-3-14(2)4-6-15/h7-8H,3-6H2,1-2H3,(H,13,17)/b10-8+. The van der Waals surface area contributed by atoms with Crippen molar-refractivity contribution in [2.45, 2.75) is 6.92 Å². The lowest BCUT2D eigenvalue weighted by atomic mass is 10.1. The minimum absolute atomic E-state index is 0.204. The van der Waals surface area contributed by atoms with Crippen LogP contribution in [0.1, 0.15) is 6.92 Å². The summed E-state index contributed by atoms with van der Waals surface area (Å²) < 4.78 is 0. The zero-order chi connectivity index (χ0) is 12.4. The SMILES string of the molecule is CC1=CC(=O)/C(=C\N2CCN(C)CC2)C(=O)N1. The zero-order valence-electron chi connectivity index (χ0n) is 10.2. The molecule has 2 aliphatic heterocycles. The second kappa shape index (κ2) is 4.71. The van der Waals surface area contributed by atoms with E-state index >= 15 is 0 Å². The van der Waals surface area contributed by atoms with E-state index in [0.717, 1.165) is 26.2 Å². The van der Waals surface area contributed by atoms with Gasteiger partial charge in [-0.15, -0.1) is 0 Å². The maximum atomic E-state index is 11.7. The highest BCUT2D eigenvalue weighted by molar-refractivity contribution is 6.25. The zero-order valence-corrected chi connectivity index (χ0v) is 10.2. The molecule has 1 N–H and O–H groups in total. The normalized spacial score (nSPS) is 24.9. The molecule has 17 heavy (non-hydrogen) atoms. The quantitative estimate of drug-likeness (QED) is 0.502. The summed E-state index contributed by atoms with van der Waals surface area (Å²) in [6.07, 6.45) is 3.15. The number of rotatable bonds is 1. The average molecular weight is 235 g/mol. The summed E-state index contributed by atoms with van der Waals surface area (Å²) in [4.78, 5) is 27.6. The molecule has 5 nitrogen and oxygen atoms in total. The van der Waals surface area contributed by atoms with Crippen LogP contribution in [0.3, 0.4) is 0 Å². The molecule has 0 aromatic carbocycles. The molecule has 2 heterocycles. The number of carbonyl (C=O) groups excluding carboxylic acids is 2. The Labute approximate surface area is 101 Å². The minimum Gasteiger partial charge on any atom is -0.374 e. The molecule has 92 valence electrons. The van der Waals surface area contributed by atoms with Crippen LogP contribution in [0.4, 0.5) is 0 Å². The van der Waals surface area contributed by atoms with Gasteiger partial charge < -0.3 is 15.1 Å². The van der Waals surface area contributed by atoms with Gasteiger partial charge in [-0.25, -0.2) is 0 Å². The largest absolute Gasteiger partial charge is 0.374 e. The Balaban J connectivity index is 2.11. The van der Waals surface area contributed by atoms with Crippen molar-refractivity contribution in [2.24, 2.45) is 0 Å². The van der Waals surface area contributed by atoms with E-state index in [1.54, 1.807) is 13.1 Å². The van der Waals surface area contributed by atoms with Crippen molar-refractivity contribution in [3.8, 4) is 0 Å². The second-order valence-corrected chi connectivity index (χ2v) is 4.53. The molecule has 1 amide bonds. The lowest BCUT2D eigenvalue weighted by Crippen LogP contribution is -2.43. The van der Waals surface area contributed by atoms with Crippen molar-refractivity contribution in [3.63, 3.8) is 0 Å². The molecule has 0 spiro atoms. The van der Waals surface area contributed by atoms with Gasteiger partial charge in [-0.3, -0.25) is 9.59 Å². The number of piperazine rings is 1. The molecule has 0 saturated carbocycles. The van der Waals surface area contributed by atoms with Gasteiger partial charge in [-0.05, 0) is 14.0 Å². The van der Waals surface area contributed by atoms with Crippen LogP contribution in [0.25, 0.3) is 0 Å². The Morgan fingerprint density at radius 3 is 2.47 bits per heavy atom. The monoisotopic (exact) mass is 235 g/mol. The number of nitrogens with zero attached hydrogens (tertiary/aromatic N) is 2. The molecule has 0 aliphatic carbocycles. The summed E-state index contributed by atoms with van der Waals surface area (Å²) in [5, 5.41) is 2.65. The summed E-state index contributed by atoms with van der Waals surface area (Å²) in [7, 11) is 2.06. The summed E-state index contributed by atoms with van der Waals surface area (Å²) in [5.41, 5.74) is 0.843. The van der Waals surface area contributed by atoms with Gasteiger partial charge in [0.25, 0.3) is 5.91 Å². The Morgan fingerprint density at radius 2 is 1.88 bits per heavy atom. The van der Waals surface area contributed by atoms with Crippen LogP contribution in [0.15, 0.2) is 23.5 Å². The Morgan fingerprint density at radius 1 is 1.24 bits per heavy atom. The molecule has 0 aromatic heterocycles. The van der Waals surface area contributed by atoms with Crippen LogP contribution in [0.2, 0.25) is 0 Å². The predicted molar refractivity (Wildman–Crippen MR) is 64.1 cm³/mol. The molecule has 0 unspecified atom stereocenters. The van der Waals surface area contributed by atoms with E-state index in [9.17, 15) is 9.59 Å². The van der Waals surface area contributed by atoms with Gasteiger partial charge >= 0.3 is 0 Å². The fourth-order valence-corrected chi connectivity index (χ4v) is 1.92. The maximum Gasteiger partial charge on any atom is 0.260 e. The molecule has 2 aliphatic rings. The molecule has 2 rings (SSSR count). The number of amides is 1. The summed E-state index contributed by atoms with van der Waals surface area (Å²) in [6, 6.07) is 0. The maximum absolute atomic E-state index is 11.7. The van der Waals surface area contributed by atoms with E-state index in [-0.39, 0.29) is 17.3 Å². The van der Waals surface area contributed by atoms with Crippen molar-refractivity contribution in [3.05, 3.63) is 23.5 Å². The van der Waals surface area contributed by atoms with Gasteiger partial charge in [0.15, 0.2) is 5.78 Å². The fraction of sp³-hybridized carbons (Fsp3) is 0.500. The van der Waals surface area contributed by atoms with Crippen molar-refractivity contribution in [1.29, 1.82) is 0 Å². The number of carbonyl (C=O) groups is 2. The van der Waals surface area contributed by atoms with Crippen LogP contribution in [-0.2, 0) is 9.59 Å². The molecule has 1 saturated heterocycles. The first-order valence-electron chi connectivity index (χ1n) is 5.74. The fourth-order valence-electron chi connectivity index (χ4n) is 1.92. The number of likely N-dealkylation sites (N-methyl/N-ethyl adjacent to an activating group) is 1. The topological polar surface area (TPSA) is 52.7 Å². The highest BCUT2D eigenvalue weighted by Gasteiger charge is 2.23. The van der Waals surface area contributed by atoms with Crippen molar-refractivity contribution in [1.82, 2.24) is 15.1 Å². The summed E-state index contributed by atoms with van der Waals surface area (Å²) >= 11 is 0. The number of hydrogen-bond donors (Lipinski definition) is 1. The van der Waals surface area contributed by atoms with Crippen LogP contribution in [0, 0.1) is 0 Å². The van der Waals surface area contributed by atoms with E-state index in [2.05, 4.69) is 17.3 Å². The third-order valence-corrected chi connectivity index (χ3v) is 3.02. The van der Waals surface area contributed by atoms with Crippen molar-refractivity contribution < 1.29 is 9.59 Å². The lowest BCUT2D eigenvalue weighted by molar-refractivity contribution is -0.121.